The molecule has 4 heteroatoms. The van der Waals surface area contributed by atoms with Crippen LogP contribution in [0.4, 0.5) is 0 Å². The zero-order chi connectivity index (χ0) is 17.0. The summed E-state index contributed by atoms with van der Waals surface area (Å²) in [4.78, 5) is 12.5. The SMILES string of the molecule is CC.COc1cc(OC)c2c(c1)Oc1cc(C)ccc1CC2=O. The summed E-state index contributed by atoms with van der Waals surface area (Å²) in [7, 11) is 3.10. The highest BCUT2D eigenvalue weighted by Crippen LogP contribution is 2.41. The Morgan fingerprint density at radius 1 is 1.00 bits per heavy atom. The lowest BCUT2D eigenvalue weighted by atomic mass is 10.0. The quantitative estimate of drug-likeness (QED) is 0.814. The van der Waals surface area contributed by atoms with E-state index < -0.39 is 0 Å². The van der Waals surface area contributed by atoms with Crippen molar-refractivity contribution in [2.75, 3.05) is 14.2 Å². The first kappa shape index (κ1) is 16.9. The lowest BCUT2D eigenvalue weighted by molar-refractivity contribution is 0.0990. The highest BCUT2D eigenvalue weighted by atomic mass is 16.5. The minimum atomic E-state index is -0.0212. The number of Topliss-reactive ketones (excluding diaryl/α,β-unsaturated/α-hetero) is 1. The minimum absolute atomic E-state index is 0.0212. The molecule has 1 heterocycles. The molecule has 0 fully saturated rings. The zero-order valence-corrected chi connectivity index (χ0v) is 14.2. The van der Waals surface area contributed by atoms with Gasteiger partial charge in [0.15, 0.2) is 5.78 Å². The van der Waals surface area contributed by atoms with Gasteiger partial charge < -0.3 is 14.2 Å². The maximum atomic E-state index is 12.5. The molecule has 0 radical (unpaired) electrons. The summed E-state index contributed by atoms with van der Waals surface area (Å²) in [5.41, 5.74) is 2.43. The Hall–Kier alpha value is -2.49. The van der Waals surface area contributed by atoms with E-state index in [0.717, 1.165) is 11.1 Å². The van der Waals surface area contributed by atoms with E-state index in [1.807, 2.05) is 39.0 Å². The topological polar surface area (TPSA) is 44.8 Å². The summed E-state index contributed by atoms with van der Waals surface area (Å²) in [6.07, 6.45) is 0.297. The second-order valence-electron chi connectivity index (χ2n) is 5.02. The minimum Gasteiger partial charge on any atom is -0.496 e. The molecule has 2 aromatic rings. The molecule has 2 aromatic carbocycles. The van der Waals surface area contributed by atoms with Gasteiger partial charge in [-0.05, 0) is 18.6 Å². The van der Waals surface area contributed by atoms with Gasteiger partial charge in [-0.3, -0.25) is 4.79 Å². The molecule has 0 spiro atoms. The molecule has 0 bridgehead atoms. The second kappa shape index (κ2) is 7.18. The molecule has 0 saturated heterocycles. The Balaban J connectivity index is 0.000000924. The number of methoxy groups -OCH3 is 2. The van der Waals surface area contributed by atoms with Crippen LogP contribution >= 0.6 is 0 Å². The van der Waals surface area contributed by atoms with Crippen LogP contribution < -0.4 is 14.2 Å². The molecule has 0 aliphatic carbocycles. The fourth-order valence-electron chi connectivity index (χ4n) is 2.48. The molecule has 122 valence electrons. The molecule has 4 nitrogen and oxygen atoms in total. The molecular weight excluding hydrogens is 292 g/mol. The maximum Gasteiger partial charge on any atom is 0.174 e. The van der Waals surface area contributed by atoms with Crippen molar-refractivity contribution in [1.82, 2.24) is 0 Å². The maximum absolute atomic E-state index is 12.5. The molecule has 0 atom stereocenters. The van der Waals surface area contributed by atoms with E-state index in [9.17, 15) is 4.79 Å². The summed E-state index contributed by atoms with van der Waals surface area (Å²) in [6, 6.07) is 9.25. The lowest BCUT2D eigenvalue weighted by Crippen LogP contribution is -2.05. The van der Waals surface area contributed by atoms with Crippen molar-refractivity contribution < 1.29 is 19.0 Å². The van der Waals surface area contributed by atoms with Crippen LogP contribution in [0.3, 0.4) is 0 Å². The van der Waals surface area contributed by atoms with Crippen molar-refractivity contribution in [2.24, 2.45) is 0 Å². The third-order valence-corrected chi connectivity index (χ3v) is 3.57. The predicted octanol–water partition coefficient (Wildman–Crippen LogP) is 4.57. The third-order valence-electron chi connectivity index (χ3n) is 3.57. The average Bonchev–Trinajstić information content (AvgIpc) is 2.71. The number of hydrogen-bond acceptors (Lipinski definition) is 4. The van der Waals surface area contributed by atoms with Gasteiger partial charge in [0, 0.05) is 24.1 Å². The van der Waals surface area contributed by atoms with Crippen LogP contribution in [0.1, 0.15) is 35.3 Å². The van der Waals surface area contributed by atoms with Crippen molar-refractivity contribution in [3.63, 3.8) is 0 Å². The van der Waals surface area contributed by atoms with Crippen LogP contribution in [0, 0.1) is 6.92 Å². The van der Waals surface area contributed by atoms with E-state index in [2.05, 4.69) is 0 Å². The van der Waals surface area contributed by atoms with Gasteiger partial charge >= 0.3 is 0 Å². The normalized spacial score (nSPS) is 12.0. The van der Waals surface area contributed by atoms with Crippen molar-refractivity contribution in [2.45, 2.75) is 27.2 Å². The van der Waals surface area contributed by atoms with Crippen molar-refractivity contribution in [3.8, 4) is 23.0 Å². The first-order chi connectivity index (χ1) is 11.1. The van der Waals surface area contributed by atoms with E-state index in [-0.39, 0.29) is 5.78 Å². The molecular formula is C19H22O4. The zero-order valence-electron chi connectivity index (χ0n) is 14.2. The number of benzene rings is 2. The monoisotopic (exact) mass is 314 g/mol. The molecule has 3 rings (SSSR count). The fraction of sp³-hybridized carbons (Fsp3) is 0.316. The van der Waals surface area contributed by atoms with Crippen LogP contribution in [-0.4, -0.2) is 20.0 Å². The number of hydrogen-bond donors (Lipinski definition) is 0. The summed E-state index contributed by atoms with van der Waals surface area (Å²) >= 11 is 0. The first-order valence-corrected chi connectivity index (χ1v) is 7.69. The number of carbonyl (C=O) groups excluding carboxylic acids is 1. The second-order valence-corrected chi connectivity index (χ2v) is 5.02. The van der Waals surface area contributed by atoms with E-state index >= 15 is 0 Å². The van der Waals surface area contributed by atoms with E-state index in [1.54, 1.807) is 19.2 Å². The Morgan fingerprint density at radius 3 is 2.39 bits per heavy atom. The molecule has 0 unspecified atom stereocenters. The largest absolute Gasteiger partial charge is 0.496 e. The van der Waals surface area contributed by atoms with Crippen LogP contribution in [0.5, 0.6) is 23.0 Å². The predicted molar refractivity (Wildman–Crippen MR) is 90.2 cm³/mol. The first-order valence-electron chi connectivity index (χ1n) is 7.69. The molecule has 0 N–H and O–H groups in total. The van der Waals surface area contributed by atoms with Gasteiger partial charge in [0.25, 0.3) is 0 Å². The summed E-state index contributed by atoms with van der Waals surface area (Å²) in [6.45, 7) is 5.99. The summed E-state index contributed by atoms with van der Waals surface area (Å²) < 4.78 is 16.5. The van der Waals surface area contributed by atoms with Gasteiger partial charge in [0.2, 0.25) is 0 Å². The highest BCUT2D eigenvalue weighted by Gasteiger charge is 2.26. The van der Waals surface area contributed by atoms with Gasteiger partial charge in [-0.2, -0.15) is 0 Å². The van der Waals surface area contributed by atoms with E-state index in [1.165, 1.54) is 7.11 Å². The standard InChI is InChI=1S/C17H16O4.C2H6/c1-10-4-5-11-7-13(18)17-15(20-3)8-12(19-2)9-16(17)21-14(11)6-10;1-2/h4-6,8-9H,7H2,1-3H3;1-2H3. The van der Waals surface area contributed by atoms with Crippen molar-refractivity contribution in [3.05, 3.63) is 47.0 Å². The number of aryl methyl sites for hydroxylation is 1. The van der Waals surface area contributed by atoms with Gasteiger partial charge in [-0.25, -0.2) is 0 Å². The summed E-state index contributed by atoms with van der Waals surface area (Å²) in [5.74, 6) is 2.22. The fourth-order valence-corrected chi connectivity index (χ4v) is 2.48. The number of ketones is 1. The third kappa shape index (κ3) is 3.31. The summed E-state index contributed by atoms with van der Waals surface area (Å²) in [5, 5.41) is 0. The van der Waals surface area contributed by atoms with Gasteiger partial charge in [0.05, 0.1) is 14.2 Å². The molecule has 0 amide bonds. The van der Waals surface area contributed by atoms with Gasteiger partial charge in [0.1, 0.15) is 28.6 Å². The Kier molecular flexibility index (Phi) is 5.27. The van der Waals surface area contributed by atoms with Gasteiger partial charge in [-0.1, -0.05) is 26.0 Å². The van der Waals surface area contributed by atoms with Crippen molar-refractivity contribution >= 4 is 5.78 Å². The smallest absolute Gasteiger partial charge is 0.174 e. The lowest BCUT2D eigenvalue weighted by Gasteiger charge is -2.13. The number of rotatable bonds is 2. The van der Waals surface area contributed by atoms with E-state index in [4.69, 9.17) is 14.2 Å². The Morgan fingerprint density at radius 2 is 1.74 bits per heavy atom. The number of carbonyl (C=O) groups is 1. The molecule has 23 heavy (non-hydrogen) atoms. The van der Waals surface area contributed by atoms with Crippen LogP contribution in [0.2, 0.25) is 0 Å². The average molecular weight is 314 g/mol. The Labute approximate surface area is 137 Å². The van der Waals surface area contributed by atoms with Crippen molar-refractivity contribution in [1.29, 1.82) is 0 Å². The highest BCUT2D eigenvalue weighted by molar-refractivity contribution is 6.03. The van der Waals surface area contributed by atoms with Crippen LogP contribution in [-0.2, 0) is 6.42 Å². The van der Waals surface area contributed by atoms with E-state index in [0.29, 0.717) is 35.0 Å². The van der Waals surface area contributed by atoms with Gasteiger partial charge in [-0.15, -0.1) is 0 Å². The molecule has 1 aliphatic heterocycles. The molecule has 0 saturated carbocycles. The number of fused-ring (bicyclic) bond motifs is 2. The van der Waals surface area contributed by atoms with Crippen LogP contribution in [0.15, 0.2) is 30.3 Å². The Bertz CT molecular complexity index is 720. The molecule has 1 aliphatic rings. The number of ether oxygens (including phenoxy) is 3. The molecule has 0 aromatic heterocycles. The van der Waals surface area contributed by atoms with Crippen LogP contribution in [0.25, 0.3) is 0 Å².